The number of benzene rings is 1. The lowest BCUT2D eigenvalue weighted by Crippen LogP contribution is -2.39. The van der Waals surface area contributed by atoms with E-state index in [1.54, 1.807) is 20.8 Å². The molecule has 0 saturated heterocycles. The van der Waals surface area contributed by atoms with E-state index < -0.39 is 17.8 Å². The van der Waals surface area contributed by atoms with Crippen molar-refractivity contribution in [2.24, 2.45) is 0 Å². The largest absolute Gasteiger partial charge is 0.444 e. The van der Waals surface area contributed by atoms with Gasteiger partial charge in [-0.15, -0.1) is 0 Å². The maximum absolute atomic E-state index is 12.1. The van der Waals surface area contributed by atoms with Crippen molar-refractivity contribution in [3.05, 3.63) is 23.8 Å². The number of hydrogen-bond donors (Lipinski definition) is 3. The molecule has 7 nitrogen and oxygen atoms in total. The molecule has 1 aliphatic heterocycles. The molecular weight excluding hydrogens is 334 g/mol. The van der Waals surface area contributed by atoms with Gasteiger partial charge in [0.1, 0.15) is 5.60 Å². The fraction of sp³-hybridized carbons (Fsp3) is 0.579. The quantitative estimate of drug-likeness (QED) is 0.691. The van der Waals surface area contributed by atoms with Gasteiger partial charge in [-0.2, -0.15) is 0 Å². The highest BCUT2D eigenvalue weighted by atomic mass is 16.6. The predicted molar refractivity (Wildman–Crippen MR) is 102 cm³/mol. The monoisotopic (exact) mass is 363 g/mol. The summed E-state index contributed by atoms with van der Waals surface area (Å²) in [4.78, 5) is 25.5. The van der Waals surface area contributed by atoms with Crippen molar-refractivity contribution in [1.29, 1.82) is 0 Å². The Morgan fingerprint density at radius 3 is 2.73 bits per heavy atom. The average molecular weight is 363 g/mol. The molecule has 0 aromatic heterocycles. The van der Waals surface area contributed by atoms with E-state index in [-0.39, 0.29) is 19.0 Å². The zero-order chi connectivity index (χ0) is 19.3. The van der Waals surface area contributed by atoms with Gasteiger partial charge in [0.2, 0.25) is 5.91 Å². The van der Waals surface area contributed by atoms with Gasteiger partial charge in [-0.3, -0.25) is 4.79 Å². The smallest absolute Gasteiger partial charge is 0.407 e. The van der Waals surface area contributed by atoms with Gasteiger partial charge >= 0.3 is 6.09 Å². The second kappa shape index (κ2) is 8.40. The molecule has 0 bridgehead atoms. The Morgan fingerprint density at radius 1 is 1.35 bits per heavy atom. The molecule has 0 aliphatic carbocycles. The Balaban J connectivity index is 1.82. The van der Waals surface area contributed by atoms with E-state index >= 15 is 0 Å². The molecule has 1 aromatic carbocycles. The van der Waals surface area contributed by atoms with Gasteiger partial charge in [0, 0.05) is 31.0 Å². The van der Waals surface area contributed by atoms with E-state index in [0.717, 1.165) is 29.9 Å². The molecule has 3 N–H and O–H groups in total. The first-order chi connectivity index (χ1) is 12.2. The first kappa shape index (κ1) is 20.0. The lowest BCUT2D eigenvalue weighted by molar-refractivity contribution is -0.117. The van der Waals surface area contributed by atoms with E-state index in [2.05, 4.69) is 10.6 Å². The number of anilines is 2. The van der Waals surface area contributed by atoms with Gasteiger partial charge in [-0.25, -0.2) is 4.79 Å². The number of carbonyl (C=O) groups is 2. The zero-order valence-electron chi connectivity index (χ0n) is 16.0. The van der Waals surface area contributed by atoms with E-state index in [4.69, 9.17) is 4.74 Å². The van der Waals surface area contributed by atoms with Gasteiger partial charge in [-0.1, -0.05) is 6.92 Å². The normalized spacial score (nSPS) is 14.8. The Bertz CT molecular complexity index is 655. The van der Waals surface area contributed by atoms with Crippen LogP contribution in [0.25, 0.3) is 0 Å². The number of aliphatic hydroxyl groups excluding tert-OH is 1. The summed E-state index contributed by atoms with van der Waals surface area (Å²) in [5.41, 5.74) is 2.23. The van der Waals surface area contributed by atoms with Gasteiger partial charge < -0.3 is 25.4 Å². The van der Waals surface area contributed by atoms with Crippen molar-refractivity contribution in [3.63, 3.8) is 0 Å². The number of amides is 2. The van der Waals surface area contributed by atoms with Crippen LogP contribution < -0.4 is 15.5 Å². The van der Waals surface area contributed by atoms with Crippen LogP contribution in [0.15, 0.2) is 18.2 Å². The number of fused-ring (bicyclic) bond motifs is 1. The standard InChI is InChI=1S/C19H29N3O4/c1-5-8-22-16-7-6-14(9-13(16)10-17(22)24)20-11-15(23)12-21-18(25)26-19(2,3)4/h6-7,9,15,20,23H,5,8,10-12H2,1-4H3,(H,21,25)/t15-/m1/s1. The molecule has 144 valence electrons. The summed E-state index contributed by atoms with van der Waals surface area (Å²) in [7, 11) is 0. The second-order valence-electron chi connectivity index (χ2n) is 7.48. The van der Waals surface area contributed by atoms with Crippen LogP contribution in [0.2, 0.25) is 0 Å². The third-order valence-corrected chi connectivity index (χ3v) is 3.88. The predicted octanol–water partition coefficient (Wildman–Crippen LogP) is 2.28. The highest BCUT2D eigenvalue weighted by Crippen LogP contribution is 2.31. The molecular formula is C19H29N3O4. The highest BCUT2D eigenvalue weighted by molar-refractivity contribution is 6.01. The minimum absolute atomic E-state index is 0.0929. The molecule has 1 heterocycles. The summed E-state index contributed by atoms with van der Waals surface area (Å²) in [5, 5.41) is 15.7. The molecule has 0 radical (unpaired) electrons. The van der Waals surface area contributed by atoms with Gasteiger partial charge in [0.05, 0.1) is 12.5 Å². The van der Waals surface area contributed by atoms with E-state index in [1.165, 1.54) is 0 Å². The number of rotatable bonds is 7. The van der Waals surface area contributed by atoms with Crippen LogP contribution in [0.1, 0.15) is 39.7 Å². The number of nitrogens with one attached hydrogen (secondary N) is 2. The summed E-state index contributed by atoms with van der Waals surface area (Å²) in [6.07, 6.45) is 0.0212. The number of aliphatic hydroxyl groups is 1. The van der Waals surface area contributed by atoms with Crippen LogP contribution in [0.5, 0.6) is 0 Å². The van der Waals surface area contributed by atoms with Crippen LogP contribution in [0.3, 0.4) is 0 Å². The average Bonchev–Trinajstić information content (AvgIpc) is 2.85. The third kappa shape index (κ3) is 5.62. The summed E-state index contributed by atoms with van der Waals surface area (Å²) in [6, 6.07) is 5.77. The molecule has 2 amide bonds. The third-order valence-electron chi connectivity index (χ3n) is 3.88. The van der Waals surface area contributed by atoms with Crippen molar-refractivity contribution in [2.45, 2.75) is 52.2 Å². The first-order valence-corrected chi connectivity index (χ1v) is 9.01. The number of carbonyl (C=O) groups excluding carboxylic acids is 2. The molecule has 0 spiro atoms. The van der Waals surface area contributed by atoms with Crippen molar-refractivity contribution < 1.29 is 19.4 Å². The number of nitrogens with zero attached hydrogens (tertiary/aromatic N) is 1. The number of ether oxygens (including phenoxy) is 1. The van der Waals surface area contributed by atoms with E-state index in [9.17, 15) is 14.7 Å². The SMILES string of the molecule is CCCN1C(=O)Cc2cc(NC[C@@H](O)CNC(=O)OC(C)(C)C)ccc21. The van der Waals surface area contributed by atoms with Crippen LogP contribution in [-0.2, 0) is 16.0 Å². The molecule has 0 unspecified atom stereocenters. The fourth-order valence-electron chi connectivity index (χ4n) is 2.78. The molecule has 0 fully saturated rings. The molecule has 1 aromatic rings. The lowest BCUT2D eigenvalue weighted by Gasteiger charge is -2.21. The van der Waals surface area contributed by atoms with Crippen molar-refractivity contribution >= 4 is 23.4 Å². The van der Waals surface area contributed by atoms with Crippen molar-refractivity contribution in [2.75, 3.05) is 29.9 Å². The minimum Gasteiger partial charge on any atom is -0.444 e. The summed E-state index contributed by atoms with van der Waals surface area (Å²) < 4.78 is 5.12. The minimum atomic E-state index is -0.756. The van der Waals surface area contributed by atoms with E-state index in [1.807, 2.05) is 30.0 Å². The number of hydrogen-bond acceptors (Lipinski definition) is 5. The molecule has 0 saturated carbocycles. The highest BCUT2D eigenvalue weighted by Gasteiger charge is 2.26. The summed E-state index contributed by atoms with van der Waals surface area (Å²) in [6.45, 7) is 8.50. The Kier molecular flexibility index (Phi) is 6.47. The van der Waals surface area contributed by atoms with Gasteiger partial charge in [0.15, 0.2) is 0 Å². The van der Waals surface area contributed by atoms with Crippen LogP contribution >= 0.6 is 0 Å². The maximum Gasteiger partial charge on any atom is 0.407 e. The summed E-state index contributed by atoms with van der Waals surface area (Å²) >= 11 is 0. The zero-order valence-corrected chi connectivity index (χ0v) is 16.0. The molecule has 7 heteroatoms. The number of alkyl carbamates (subject to hydrolysis) is 1. The molecule has 1 atom stereocenters. The Hall–Kier alpha value is -2.28. The second-order valence-corrected chi connectivity index (χ2v) is 7.48. The fourth-order valence-corrected chi connectivity index (χ4v) is 2.78. The van der Waals surface area contributed by atoms with Gasteiger partial charge in [0.25, 0.3) is 0 Å². The van der Waals surface area contributed by atoms with Gasteiger partial charge in [-0.05, 0) is 51.0 Å². The molecule has 2 rings (SSSR count). The van der Waals surface area contributed by atoms with Crippen molar-refractivity contribution in [3.8, 4) is 0 Å². The van der Waals surface area contributed by atoms with E-state index in [0.29, 0.717) is 6.42 Å². The molecule has 1 aliphatic rings. The van der Waals surface area contributed by atoms with Crippen molar-refractivity contribution in [1.82, 2.24) is 5.32 Å². The molecule has 26 heavy (non-hydrogen) atoms. The van der Waals surface area contributed by atoms with Crippen LogP contribution in [-0.4, -0.2) is 48.4 Å². The Labute approximate surface area is 154 Å². The van der Waals surface area contributed by atoms with Crippen LogP contribution in [0.4, 0.5) is 16.2 Å². The summed E-state index contributed by atoms with van der Waals surface area (Å²) in [5.74, 6) is 0.126. The Morgan fingerprint density at radius 2 is 2.08 bits per heavy atom. The lowest BCUT2D eigenvalue weighted by atomic mass is 10.1. The topological polar surface area (TPSA) is 90.9 Å². The maximum atomic E-state index is 12.1. The van der Waals surface area contributed by atoms with Crippen LogP contribution in [0, 0.1) is 0 Å². The first-order valence-electron chi connectivity index (χ1n) is 9.01.